The van der Waals surface area contributed by atoms with E-state index >= 15 is 0 Å². The van der Waals surface area contributed by atoms with Crippen LogP contribution >= 0.6 is 0 Å². The minimum Gasteiger partial charge on any atom is -0.335 e. The maximum atomic E-state index is 11.2. The molecule has 0 aliphatic carbocycles. The Morgan fingerprint density at radius 3 is 2.07 bits per heavy atom. The molecule has 0 bridgehead atoms. The van der Waals surface area contributed by atoms with E-state index in [1.807, 2.05) is 0 Å². The molecule has 0 aromatic carbocycles. The fourth-order valence-corrected chi connectivity index (χ4v) is 0.731. The van der Waals surface area contributed by atoms with Crippen LogP contribution in [0.1, 0.15) is 20.8 Å². The predicted octanol–water partition coefficient (Wildman–Crippen LogP) is 0.226. The first kappa shape index (κ1) is 13.2. The molecule has 7 nitrogen and oxygen atoms in total. The van der Waals surface area contributed by atoms with Crippen LogP contribution in [0.4, 0.5) is 9.59 Å². The molecule has 7 heteroatoms. The van der Waals surface area contributed by atoms with Gasteiger partial charge in [-0.25, -0.2) is 9.59 Å². The molecule has 0 fully saturated rings. The number of amides is 4. The van der Waals surface area contributed by atoms with Gasteiger partial charge in [0.1, 0.15) is 0 Å². The lowest BCUT2D eigenvalue weighted by atomic mass is 10.6. The SMILES string of the molecule is CCNC(=O)ON(C(C)=O)C(=O)NCC. The number of rotatable bonds is 2. The lowest BCUT2D eigenvalue weighted by Gasteiger charge is -2.17. The topological polar surface area (TPSA) is 87.7 Å². The van der Waals surface area contributed by atoms with Crippen LogP contribution in [-0.4, -0.2) is 36.2 Å². The first-order valence-corrected chi connectivity index (χ1v) is 4.57. The third-order valence-electron chi connectivity index (χ3n) is 1.29. The van der Waals surface area contributed by atoms with Crippen molar-refractivity contribution in [1.82, 2.24) is 15.7 Å². The second-order valence-electron chi connectivity index (χ2n) is 2.56. The third kappa shape index (κ3) is 4.84. The van der Waals surface area contributed by atoms with Crippen molar-refractivity contribution in [3.8, 4) is 0 Å². The third-order valence-corrected chi connectivity index (χ3v) is 1.29. The van der Waals surface area contributed by atoms with E-state index in [4.69, 9.17) is 0 Å². The summed E-state index contributed by atoms with van der Waals surface area (Å²) in [6.07, 6.45) is -0.848. The van der Waals surface area contributed by atoms with Gasteiger partial charge in [0.15, 0.2) is 0 Å². The van der Waals surface area contributed by atoms with Gasteiger partial charge in [0.2, 0.25) is 0 Å². The van der Waals surface area contributed by atoms with Crippen molar-refractivity contribution in [2.45, 2.75) is 20.8 Å². The molecule has 0 rings (SSSR count). The average molecular weight is 217 g/mol. The summed E-state index contributed by atoms with van der Waals surface area (Å²) in [5, 5.41) is 5.00. The molecule has 0 aromatic rings. The summed E-state index contributed by atoms with van der Waals surface area (Å²) in [5.74, 6) is -0.674. The highest BCUT2D eigenvalue weighted by molar-refractivity contribution is 5.93. The Morgan fingerprint density at radius 1 is 1.13 bits per heavy atom. The highest BCUT2D eigenvalue weighted by Gasteiger charge is 2.22. The first-order valence-electron chi connectivity index (χ1n) is 4.57. The Labute approximate surface area is 87.7 Å². The van der Waals surface area contributed by atoms with Gasteiger partial charge in [-0.2, -0.15) is 0 Å². The summed E-state index contributed by atoms with van der Waals surface area (Å²) < 4.78 is 0. The van der Waals surface area contributed by atoms with Crippen molar-refractivity contribution in [1.29, 1.82) is 0 Å². The number of hydroxylamine groups is 2. The smallest absolute Gasteiger partial charge is 0.335 e. The standard InChI is InChI=1S/C8H15N3O4/c1-4-9-7(13)11(6(3)12)15-8(14)10-5-2/h4-5H2,1-3H3,(H,9,13)(H,10,14). The zero-order valence-electron chi connectivity index (χ0n) is 8.99. The van der Waals surface area contributed by atoms with Crippen molar-refractivity contribution in [2.24, 2.45) is 0 Å². The highest BCUT2D eigenvalue weighted by atomic mass is 16.7. The zero-order chi connectivity index (χ0) is 11.8. The minimum absolute atomic E-state index is 0.335. The summed E-state index contributed by atoms with van der Waals surface area (Å²) in [6.45, 7) is 5.17. The van der Waals surface area contributed by atoms with Gasteiger partial charge in [0.25, 0.3) is 5.91 Å². The van der Waals surface area contributed by atoms with Crippen LogP contribution in [0, 0.1) is 0 Å². The molecule has 0 aromatic heterocycles. The summed E-state index contributed by atoms with van der Waals surface area (Å²) >= 11 is 0. The average Bonchev–Trinajstić information content (AvgIpc) is 2.14. The molecule has 0 atom stereocenters. The molecule has 15 heavy (non-hydrogen) atoms. The van der Waals surface area contributed by atoms with E-state index in [0.717, 1.165) is 6.92 Å². The van der Waals surface area contributed by atoms with Crippen molar-refractivity contribution in [2.75, 3.05) is 13.1 Å². The van der Waals surface area contributed by atoms with E-state index < -0.39 is 18.0 Å². The largest absolute Gasteiger partial charge is 0.432 e. The molecule has 0 heterocycles. The summed E-state index contributed by atoms with van der Waals surface area (Å²) in [7, 11) is 0. The van der Waals surface area contributed by atoms with E-state index in [1.54, 1.807) is 13.8 Å². The molecular weight excluding hydrogens is 202 g/mol. The predicted molar refractivity (Wildman–Crippen MR) is 51.8 cm³/mol. The van der Waals surface area contributed by atoms with Gasteiger partial charge in [-0.3, -0.25) is 4.79 Å². The molecule has 0 aliphatic rings. The second-order valence-corrected chi connectivity index (χ2v) is 2.56. The Bertz CT molecular complexity index is 254. The van der Waals surface area contributed by atoms with E-state index in [-0.39, 0.29) is 0 Å². The Hall–Kier alpha value is -1.79. The fraction of sp³-hybridized carbons (Fsp3) is 0.625. The zero-order valence-corrected chi connectivity index (χ0v) is 8.99. The maximum Gasteiger partial charge on any atom is 0.432 e. The molecule has 0 aliphatic heterocycles. The lowest BCUT2D eigenvalue weighted by molar-refractivity contribution is -0.150. The molecule has 0 unspecified atom stereocenters. The van der Waals surface area contributed by atoms with Gasteiger partial charge in [-0.05, 0) is 13.8 Å². The molecule has 86 valence electrons. The monoisotopic (exact) mass is 217 g/mol. The van der Waals surface area contributed by atoms with Gasteiger partial charge >= 0.3 is 12.1 Å². The maximum absolute atomic E-state index is 11.2. The molecule has 0 spiro atoms. The Morgan fingerprint density at radius 2 is 1.67 bits per heavy atom. The van der Waals surface area contributed by atoms with Crippen molar-refractivity contribution >= 4 is 18.0 Å². The van der Waals surface area contributed by atoms with E-state index in [2.05, 4.69) is 15.5 Å². The Balaban J connectivity index is 4.34. The fourth-order valence-electron chi connectivity index (χ4n) is 0.731. The van der Waals surface area contributed by atoms with Gasteiger partial charge in [-0.1, -0.05) is 5.06 Å². The van der Waals surface area contributed by atoms with Crippen LogP contribution in [0.15, 0.2) is 0 Å². The number of imide groups is 1. The van der Waals surface area contributed by atoms with Crippen LogP contribution in [0.3, 0.4) is 0 Å². The van der Waals surface area contributed by atoms with Crippen molar-refractivity contribution < 1.29 is 19.2 Å². The van der Waals surface area contributed by atoms with E-state index in [1.165, 1.54) is 0 Å². The van der Waals surface area contributed by atoms with Crippen LogP contribution in [-0.2, 0) is 9.63 Å². The number of nitrogens with one attached hydrogen (secondary N) is 2. The van der Waals surface area contributed by atoms with E-state index in [9.17, 15) is 14.4 Å². The van der Waals surface area contributed by atoms with Crippen LogP contribution in [0.25, 0.3) is 0 Å². The van der Waals surface area contributed by atoms with Gasteiger partial charge in [-0.15, -0.1) is 0 Å². The molecule has 4 amide bonds. The summed E-state index contributed by atoms with van der Waals surface area (Å²) in [6, 6.07) is -0.767. The van der Waals surface area contributed by atoms with Gasteiger partial charge in [0.05, 0.1) is 0 Å². The highest BCUT2D eigenvalue weighted by Crippen LogP contribution is 1.93. The molecule has 0 saturated carbocycles. The number of carbonyl (C=O) groups excluding carboxylic acids is 3. The van der Waals surface area contributed by atoms with Crippen molar-refractivity contribution in [3.63, 3.8) is 0 Å². The second kappa shape index (κ2) is 6.63. The van der Waals surface area contributed by atoms with Crippen molar-refractivity contribution in [3.05, 3.63) is 0 Å². The van der Waals surface area contributed by atoms with Crippen LogP contribution < -0.4 is 10.6 Å². The molecule has 2 N–H and O–H groups in total. The quantitative estimate of drug-likeness (QED) is 0.648. The minimum atomic E-state index is -0.848. The number of hydrogen-bond acceptors (Lipinski definition) is 4. The number of carbonyl (C=O) groups is 3. The number of urea groups is 1. The number of nitrogens with zero attached hydrogens (tertiary/aromatic N) is 1. The van der Waals surface area contributed by atoms with Gasteiger partial charge < -0.3 is 15.5 Å². The van der Waals surface area contributed by atoms with Gasteiger partial charge in [0, 0.05) is 20.0 Å². The molecular formula is C8H15N3O4. The van der Waals surface area contributed by atoms with Crippen LogP contribution in [0.2, 0.25) is 0 Å². The summed E-state index contributed by atoms with van der Waals surface area (Å²) in [4.78, 5) is 37.6. The first-order chi connectivity index (χ1) is 7.02. The molecule has 0 saturated heterocycles. The lowest BCUT2D eigenvalue weighted by Crippen LogP contribution is -2.45. The van der Waals surface area contributed by atoms with Crippen LogP contribution in [0.5, 0.6) is 0 Å². The molecule has 0 radical (unpaired) electrons. The summed E-state index contributed by atoms with van der Waals surface area (Å²) in [5.41, 5.74) is 0. The number of hydrogen-bond donors (Lipinski definition) is 2. The normalized spacial score (nSPS) is 9.00. The van der Waals surface area contributed by atoms with E-state index in [0.29, 0.717) is 18.2 Å². The Kier molecular flexibility index (Phi) is 5.84.